The molecule has 0 aliphatic carbocycles. The van der Waals surface area contributed by atoms with Crippen molar-refractivity contribution in [2.75, 3.05) is 13.3 Å². The molecule has 0 saturated heterocycles. The highest BCUT2D eigenvalue weighted by atomic mass is 32.2. The van der Waals surface area contributed by atoms with Crippen molar-refractivity contribution in [3.05, 3.63) is 65.6 Å². The second kappa shape index (κ2) is 7.22. The van der Waals surface area contributed by atoms with Gasteiger partial charge in [-0.05, 0) is 29.0 Å². The van der Waals surface area contributed by atoms with Crippen LogP contribution >= 0.6 is 11.8 Å². The van der Waals surface area contributed by atoms with Crippen molar-refractivity contribution in [3.63, 3.8) is 0 Å². The van der Waals surface area contributed by atoms with E-state index in [4.69, 9.17) is 0 Å². The fraction of sp³-hybridized carbons (Fsp3) is 0.200. The van der Waals surface area contributed by atoms with E-state index < -0.39 is 23.9 Å². The molecule has 2 aromatic carbocycles. The number of hydrogen-bond donors (Lipinski definition) is 1. The van der Waals surface area contributed by atoms with E-state index in [-0.39, 0.29) is 5.57 Å². The number of halogens is 1. The third-order valence-corrected chi connectivity index (χ3v) is 5.43. The largest absolute Gasteiger partial charge is 0.480 e. The average Bonchev–Trinajstić information content (AvgIpc) is 2.92. The lowest BCUT2D eigenvalue weighted by Gasteiger charge is -2.23. The third-order valence-electron chi connectivity index (χ3n) is 4.64. The molecule has 3 rings (SSSR count). The fourth-order valence-electron chi connectivity index (χ4n) is 3.35. The summed E-state index contributed by atoms with van der Waals surface area (Å²) < 4.78 is 14.3. The summed E-state index contributed by atoms with van der Waals surface area (Å²) >= 11 is 1.64. The topological polar surface area (TPSA) is 64.3 Å². The van der Waals surface area contributed by atoms with Gasteiger partial charge >= 0.3 is 5.97 Å². The van der Waals surface area contributed by atoms with Gasteiger partial charge in [-0.15, -0.1) is 11.8 Å². The Hall–Kier alpha value is -2.78. The molecule has 1 N–H and O–H groups in total. The SMILES string of the molecule is CSc1ccccc1-c1ccc(C2C(C#N)=C(F)N(C)C2C(=O)O)cc1. The smallest absolute Gasteiger partial charge is 0.327 e. The first-order valence-electron chi connectivity index (χ1n) is 7.98. The number of nitriles is 1. The van der Waals surface area contributed by atoms with Gasteiger partial charge in [-0.3, -0.25) is 0 Å². The van der Waals surface area contributed by atoms with Crippen LogP contribution in [0.25, 0.3) is 11.1 Å². The number of carbonyl (C=O) groups is 1. The zero-order chi connectivity index (χ0) is 18.8. The van der Waals surface area contributed by atoms with Gasteiger partial charge in [-0.1, -0.05) is 42.5 Å². The van der Waals surface area contributed by atoms with E-state index in [1.807, 2.05) is 48.7 Å². The van der Waals surface area contributed by atoms with Crippen LogP contribution in [0.5, 0.6) is 0 Å². The number of carboxylic acid groups (broad SMARTS) is 1. The second-order valence-electron chi connectivity index (χ2n) is 6.01. The van der Waals surface area contributed by atoms with Crippen molar-refractivity contribution in [2.24, 2.45) is 0 Å². The Morgan fingerprint density at radius 3 is 2.46 bits per heavy atom. The molecule has 4 nitrogen and oxygen atoms in total. The van der Waals surface area contributed by atoms with Gasteiger partial charge in [0.1, 0.15) is 12.1 Å². The lowest BCUT2D eigenvalue weighted by atomic mass is 9.87. The average molecular weight is 368 g/mol. The maximum atomic E-state index is 14.3. The Balaban J connectivity index is 2.02. The van der Waals surface area contributed by atoms with Crippen molar-refractivity contribution in [1.82, 2.24) is 4.90 Å². The lowest BCUT2D eigenvalue weighted by Crippen LogP contribution is -2.37. The molecule has 26 heavy (non-hydrogen) atoms. The standard InChI is InChI=1S/C20H17FN2O2S/c1-23-18(20(24)25)17(15(11-22)19(23)21)13-9-7-12(8-10-13)14-5-3-4-6-16(14)26-2/h3-10,17-18H,1-2H3,(H,24,25). The van der Waals surface area contributed by atoms with Gasteiger partial charge in [-0.25, -0.2) is 4.79 Å². The summed E-state index contributed by atoms with van der Waals surface area (Å²) in [6.07, 6.45) is 2.01. The predicted octanol–water partition coefficient (Wildman–Crippen LogP) is 4.26. The molecule has 1 aliphatic rings. The van der Waals surface area contributed by atoms with Crippen LogP contribution in [0.2, 0.25) is 0 Å². The van der Waals surface area contributed by atoms with E-state index in [2.05, 4.69) is 0 Å². The highest BCUT2D eigenvalue weighted by molar-refractivity contribution is 7.98. The van der Waals surface area contributed by atoms with Crippen LogP contribution in [-0.4, -0.2) is 35.3 Å². The van der Waals surface area contributed by atoms with Crippen LogP contribution in [0, 0.1) is 11.3 Å². The molecule has 132 valence electrons. The Bertz CT molecular complexity index is 918. The van der Waals surface area contributed by atoms with E-state index in [0.29, 0.717) is 5.56 Å². The van der Waals surface area contributed by atoms with Crippen molar-refractivity contribution in [2.45, 2.75) is 16.9 Å². The van der Waals surface area contributed by atoms with Gasteiger partial charge in [0, 0.05) is 11.9 Å². The molecule has 0 aromatic heterocycles. The fourth-order valence-corrected chi connectivity index (χ4v) is 3.97. The first-order valence-corrected chi connectivity index (χ1v) is 9.20. The minimum Gasteiger partial charge on any atom is -0.480 e. The van der Waals surface area contributed by atoms with E-state index in [0.717, 1.165) is 20.9 Å². The molecule has 0 fully saturated rings. The minimum absolute atomic E-state index is 0.142. The first kappa shape index (κ1) is 18.0. The minimum atomic E-state index is -1.16. The molecule has 6 heteroatoms. The summed E-state index contributed by atoms with van der Waals surface area (Å²) in [6, 6.07) is 16.0. The Morgan fingerprint density at radius 2 is 1.88 bits per heavy atom. The van der Waals surface area contributed by atoms with Crippen molar-refractivity contribution >= 4 is 17.7 Å². The molecule has 1 heterocycles. The Kier molecular flexibility index (Phi) is 5.01. The summed E-state index contributed by atoms with van der Waals surface area (Å²) in [6.45, 7) is 0. The number of thioether (sulfide) groups is 1. The number of nitrogens with zero attached hydrogens (tertiary/aromatic N) is 2. The van der Waals surface area contributed by atoms with Crippen LogP contribution in [0.1, 0.15) is 11.5 Å². The van der Waals surface area contributed by atoms with Crippen molar-refractivity contribution in [1.29, 1.82) is 5.26 Å². The van der Waals surface area contributed by atoms with Gasteiger partial charge in [0.05, 0.1) is 11.5 Å². The monoisotopic (exact) mass is 368 g/mol. The van der Waals surface area contributed by atoms with Crippen LogP contribution < -0.4 is 0 Å². The normalized spacial score (nSPS) is 19.5. The molecule has 2 aromatic rings. The molecule has 0 bridgehead atoms. The van der Waals surface area contributed by atoms with E-state index in [1.165, 1.54) is 7.05 Å². The Labute approximate surface area is 155 Å². The maximum Gasteiger partial charge on any atom is 0.327 e. The first-order chi connectivity index (χ1) is 12.5. The van der Waals surface area contributed by atoms with Gasteiger partial charge in [0.25, 0.3) is 0 Å². The zero-order valence-electron chi connectivity index (χ0n) is 14.3. The number of likely N-dealkylation sites (N-methyl/N-ethyl adjacent to an activating group) is 1. The number of rotatable bonds is 4. The molecule has 0 saturated carbocycles. The Morgan fingerprint density at radius 1 is 1.23 bits per heavy atom. The molecule has 0 radical (unpaired) electrons. The van der Waals surface area contributed by atoms with Gasteiger partial charge < -0.3 is 10.0 Å². The van der Waals surface area contributed by atoms with E-state index >= 15 is 0 Å². The quantitative estimate of drug-likeness (QED) is 0.645. The molecule has 2 unspecified atom stereocenters. The summed E-state index contributed by atoms with van der Waals surface area (Å²) in [5, 5.41) is 18.8. The summed E-state index contributed by atoms with van der Waals surface area (Å²) in [5.74, 6) is -2.76. The van der Waals surface area contributed by atoms with Crippen LogP contribution in [0.4, 0.5) is 4.39 Å². The van der Waals surface area contributed by atoms with Crippen LogP contribution in [0.15, 0.2) is 65.0 Å². The lowest BCUT2D eigenvalue weighted by molar-refractivity contribution is -0.142. The zero-order valence-corrected chi connectivity index (χ0v) is 15.1. The number of aliphatic carboxylic acids is 1. The predicted molar refractivity (Wildman–Crippen MR) is 99.3 cm³/mol. The summed E-state index contributed by atoms with van der Waals surface area (Å²) in [4.78, 5) is 13.8. The molecule has 0 spiro atoms. The number of benzene rings is 2. The van der Waals surface area contributed by atoms with Crippen molar-refractivity contribution in [3.8, 4) is 17.2 Å². The van der Waals surface area contributed by atoms with E-state index in [9.17, 15) is 19.6 Å². The summed E-state index contributed by atoms with van der Waals surface area (Å²) in [7, 11) is 1.36. The van der Waals surface area contributed by atoms with Gasteiger partial charge in [0.15, 0.2) is 0 Å². The van der Waals surface area contributed by atoms with Gasteiger partial charge in [0.2, 0.25) is 5.95 Å². The van der Waals surface area contributed by atoms with Crippen molar-refractivity contribution < 1.29 is 14.3 Å². The maximum absolute atomic E-state index is 14.3. The van der Waals surface area contributed by atoms with Crippen LogP contribution in [0.3, 0.4) is 0 Å². The molecular weight excluding hydrogens is 351 g/mol. The highest BCUT2D eigenvalue weighted by Crippen LogP contribution is 2.41. The van der Waals surface area contributed by atoms with Gasteiger partial charge in [-0.2, -0.15) is 9.65 Å². The number of hydrogen-bond acceptors (Lipinski definition) is 4. The molecular formula is C20H17FN2O2S. The molecule has 2 atom stereocenters. The third kappa shape index (κ3) is 2.95. The second-order valence-corrected chi connectivity index (χ2v) is 6.86. The molecule has 0 amide bonds. The van der Waals surface area contributed by atoms with E-state index in [1.54, 1.807) is 23.9 Å². The summed E-state index contributed by atoms with van der Waals surface area (Å²) in [5.41, 5.74) is 2.53. The van der Waals surface area contributed by atoms with Crippen LogP contribution in [-0.2, 0) is 4.79 Å². The number of carboxylic acids is 1. The molecule has 1 aliphatic heterocycles. The highest BCUT2D eigenvalue weighted by Gasteiger charge is 2.44.